The van der Waals surface area contributed by atoms with Crippen LogP contribution in [0.5, 0.6) is 0 Å². The van der Waals surface area contributed by atoms with Crippen molar-refractivity contribution in [2.75, 3.05) is 26.2 Å². The fourth-order valence-corrected chi connectivity index (χ4v) is 2.50. The molecule has 96 valence electrons. The smallest absolute Gasteiger partial charge is 0.0431 e. The summed E-state index contributed by atoms with van der Waals surface area (Å²) in [6.45, 7) is 9.01. The zero-order valence-corrected chi connectivity index (χ0v) is 11.2. The zero-order chi connectivity index (χ0) is 11.9. The lowest BCUT2D eigenvalue weighted by Gasteiger charge is -2.23. The molecule has 2 nitrogen and oxygen atoms in total. The molecule has 0 spiro atoms. The lowest BCUT2D eigenvalue weighted by molar-refractivity contribution is 0.252. The van der Waals surface area contributed by atoms with E-state index in [1.807, 2.05) is 0 Å². The van der Waals surface area contributed by atoms with Gasteiger partial charge < -0.3 is 10.0 Å². The molecule has 1 heterocycles. The van der Waals surface area contributed by atoms with Gasteiger partial charge in [0.25, 0.3) is 0 Å². The molecular weight excluding hydrogens is 198 g/mol. The molecule has 0 aliphatic carbocycles. The van der Waals surface area contributed by atoms with E-state index < -0.39 is 0 Å². The highest BCUT2D eigenvalue weighted by molar-refractivity contribution is 4.76. The quantitative estimate of drug-likeness (QED) is 0.705. The third-order valence-corrected chi connectivity index (χ3v) is 3.82. The molecule has 1 fully saturated rings. The summed E-state index contributed by atoms with van der Waals surface area (Å²) in [7, 11) is 0. The fraction of sp³-hybridized carbons (Fsp3) is 1.00. The van der Waals surface area contributed by atoms with Crippen LogP contribution in [0.2, 0.25) is 0 Å². The van der Waals surface area contributed by atoms with Gasteiger partial charge in [0.05, 0.1) is 0 Å². The van der Waals surface area contributed by atoms with Gasteiger partial charge >= 0.3 is 0 Å². The minimum atomic E-state index is 0.359. The van der Waals surface area contributed by atoms with Crippen LogP contribution in [0.15, 0.2) is 0 Å². The molecule has 0 bridgehead atoms. The first kappa shape index (κ1) is 14.0. The summed E-state index contributed by atoms with van der Waals surface area (Å²) in [6, 6.07) is 0. The van der Waals surface area contributed by atoms with Gasteiger partial charge in [-0.3, -0.25) is 0 Å². The second-order valence-corrected chi connectivity index (χ2v) is 6.00. The van der Waals surface area contributed by atoms with E-state index in [1.54, 1.807) is 0 Å². The lowest BCUT2D eigenvalue weighted by Crippen LogP contribution is -2.26. The normalized spacial score (nSPS) is 21.9. The van der Waals surface area contributed by atoms with E-state index in [4.69, 9.17) is 5.11 Å². The average Bonchev–Trinajstić information content (AvgIpc) is 2.40. The number of hydrogen-bond donors (Lipinski definition) is 1. The summed E-state index contributed by atoms with van der Waals surface area (Å²) in [5.74, 6) is 0. The number of aliphatic hydroxyl groups excluding tert-OH is 1. The molecule has 0 aromatic heterocycles. The molecule has 1 aliphatic rings. The first-order chi connectivity index (χ1) is 7.64. The van der Waals surface area contributed by atoms with Gasteiger partial charge in [0.15, 0.2) is 0 Å². The SMILES string of the molecule is CC1(C)CCCN(CCCCCCO)CC1. The molecule has 0 saturated carbocycles. The Labute approximate surface area is 101 Å². The van der Waals surface area contributed by atoms with Crippen molar-refractivity contribution >= 4 is 0 Å². The van der Waals surface area contributed by atoms with E-state index >= 15 is 0 Å². The Morgan fingerprint density at radius 2 is 1.75 bits per heavy atom. The van der Waals surface area contributed by atoms with Gasteiger partial charge in [0.1, 0.15) is 0 Å². The summed E-state index contributed by atoms with van der Waals surface area (Å²) in [5.41, 5.74) is 0.561. The van der Waals surface area contributed by atoms with Crippen LogP contribution in [-0.4, -0.2) is 36.2 Å². The predicted molar refractivity (Wildman–Crippen MR) is 69.6 cm³/mol. The number of aliphatic hydroxyl groups is 1. The topological polar surface area (TPSA) is 23.5 Å². The molecular formula is C14H29NO. The number of rotatable bonds is 6. The van der Waals surface area contributed by atoms with Crippen molar-refractivity contribution in [2.45, 2.75) is 58.8 Å². The summed E-state index contributed by atoms with van der Waals surface area (Å²) in [5, 5.41) is 8.70. The van der Waals surface area contributed by atoms with Crippen molar-refractivity contribution in [1.82, 2.24) is 4.90 Å². The second-order valence-electron chi connectivity index (χ2n) is 6.00. The van der Waals surface area contributed by atoms with E-state index in [9.17, 15) is 0 Å². The fourth-order valence-electron chi connectivity index (χ4n) is 2.50. The standard InChI is InChI=1S/C14H29NO/c1-14(2)8-7-11-15(12-9-14)10-5-3-4-6-13-16/h16H,3-13H2,1-2H3. The molecule has 16 heavy (non-hydrogen) atoms. The van der Waals surface area contributed by atoms with E-state index in [1.165, 1.54) is 58.2 Å². The summed E-state index contributed by atoms with van der Waals surface area (Å²) >= 11 is 0. The van der Waals surface area contributed by atoms with Crippen LogP contribution in [0.25, 0.3) is 0 Å². The van der Waals surface area contributed by atoms with Crippen molar-refractivity contribution in [3.63, 3.8) is 0 Å². The van der Waals surface area contributed by atoms with E-state index in [-0.39, 0.29) is 0 Å². The highest BCUT2D eigenvalue weighted by atomic mass is 16.2. The number of likely N-dealkylation sites (tertiary alicyclic amines) is 1. The third kappa shape index (κ3) is 5.86. The lowest BCUT2D eigenvalue weighted by atomic mass is 9.85. The monoisotopic (exact) mass is 227 g/mol. The van der Waals surface area contributed by atoms with E-state index in [2.05, 4.69) is 18.7 Å². The molecule has 0 aromatic carbocycles. The van der Waals surface area contributed by atoms with Gasteiger partial charge in [-0.2, -0.15) is 0 Å². The Morgan fingerprint density at radius 3 is 2.50 bits per heavy atom. The molecule has 1 aliphatic heterocycles. The van der Waals surface area contributed by atoms with Crippen LogP contribution in [0, 0.1) is 5.41 Å². The van der Waals surface area contributed by atoms with Crippen LogP contribution >= 0.6 is 0 Å². The molecule has 1 N–H and O–H groups in total. The third-order valence-electron chi connectivity index (χ3n) is 3.82. The van der Waals surface area contributed by atoms with Crippen molar-refractivity contribution in [3.8, 4) is 0 Å². The Balaban J connectivity index is 2.08. The van der Waals surface area contributed by atoms with Crippen molar-refractivity contribution < 1.29 is 5.11 Å². The molecule has 0 atom stereocenters. The first-order valence-corrected chi connectivity index (χ1v) is 6.97. The van der Waals surface area contributed by atoms with Crippen molar-refractivity contribution in [3.05, 3.63) is 0 Å². The number of nitrogens with zero attached hydrogens (tertiary/aromatic N) is 1. The van der Waals surface area contributed by atoms with Gasteiger partial charge in [-0.05, 0) is 57.2 Å². The van der Waals surface area contributed by atoms with Crippen LogP contribution in [0.4, 0.5) is 0 Å². The molecule has 1 rings (SSSR count). The molecule has 1 saturated heterocycles. The molecule has 0 radical (unpaired) electrons. The van der Waals surface area contributed by atoms with Gasteiger partial charge in [-0.25, -0.2) is 0 Å². The van der Waals surface area contributed by atoms with Crippen molar-refractivity contribution in [1.29, 1.82) is 0 Å². The van der Waals surface area contributed by atoms with Gasteiger partial charge in [0, 0.05) is 6.61 Å². The molecule has 2 heteroatoms. The summed E-state index contributed by atoms with van der Waals surface area (Å²) in [6.07, 6.45) is 8.85. The highest BCUT2D eigenvalue weighted by Gasteiger charge is 2.22. The summed E-state index contributed by atoms with van der Waals surface area (Å²) in [4.78, 5) is 2.63. The average molecular weight is 227 g/mol. The number of unbranched alkanes of at least 4 members (excludes halogenated alkanes) is 3. The van der Waals surface area contributed by atoms with Crippen LogP contribution in [0.3, 0.4) is 0 Å². The largest absolute Gasteiger partial charge is 0.396 e. The van der Waals surface area contributed by atoms with Crippen LogP contribution < -0.4 is 0 Å². The van der Waals surface area contributed by atoms with Crippen LogP contribution in [0.1, 0.15) is 58.8 Å². The Hall–Kier alpha value is -0.0800. The van der Waals surface area contributed by atoms with E-state index in [0.29, 0.717) is 12.0 Å². The van der Waals surface area contributed by atoms with Gasteiger partial charge in [-0.1, -0.05) is 26.7 Å². The Kier molecular flexibility index (Phi) is 6.37. The second kappa shape index (κ2) is 7.29. The minimum Gasteiger partial charge on any atom is -0.396 e. The zero-order valence-electron chi connectivity index (χ0n) is 11.2. The molecule has 0 unspecified atom stereocenters. The maximum Gasteiger partial charge on any atom is 0.0431 e. The maximum absolute atomic E-state index is 8.70. The highest BCUT2D eigenvalue weighted by Crippen LogP contribution is 2.29. The van der Waals surface area contributed by atoms with Crippen molar-refractivity contribution in [2.24, 2.45) is 5.41 Å². The molecule has 0 amide bonds. The minimum absolute atomic E-state index is 0.359. The van der Waals surface area contributed by atoms with Gasteiger partial charge in [-0.15, -0.1) is 0 Å². The maximum atomic E-state index is 8.70. The van der Waals surface area contributed by atoms with E-state index in [0.717, 1.165) is 6.42 Å². The Bertz CT molecular complexity index is 180. The molecule has 0 aromatic rings. The van der Waals surface area contributed by atoms with Gasteiger partial charge in [0.2, 0.25) is 0 Å². The summed E-state index contributed by atoms with van der Waals surface area (Å²) < 4.78 is 0. The van der Waals surface area contributed by atoms with Crippen LogP contribution in [-0.2, 0) is 0 Å². The number of hydrogen-bond acceptors (Lipinski definition) is 2. The Morgan fingerprint density at radius 1 is 1.00 bits per heavy atom. The first-order valence-electron chi connectivity index (χ1n) is 6.97. The predicted octanol–water partition coefficient (Wildman–Crippen LogP) is 3.05.